The van der Waals surface area contributed by atoms with E-state index < -0.39 is 37.1 Å². The minimum Gasteiger partial charge on any atom is -0.494 e. The van der Waals surface area contributed by atoms with Gasteiger partial charge in [-0.3, -0.25) is 0 Å². The van der Waals surface area contributed by atoms with Crippen LogP contribution < -0.4 is 4.74 Å². The molecule has 2 aromatic rings. The SMILES string of the molecule is CCOc1ccc(Cc2cc(C3O[C@H]([C@@H](O)CO)[C@H](O)[C@H]3O)ccc2Cl)cc1. The third-order valence-electron chi connectivity index (χ3n) is 4.89. The molecule has 0 aromatic heterocycles. The van der Waals surface area contributed by atoms with Crippen LogP contribution in [-0.4, -0.2) is 58.1 Å². The highest BCUT2D eigenvalue weighted by Gasteiger charge is 2.46. The van der Waals surface area contributed by atoms with Gasteiger partial charge in [0.05, 0.1) is 13.2 Å². The fraction of sp³-hybridized carbons (Fsp3) is 0.429. The fourth-order valence-electron chi connectivity index (χ4n) is 3.40. The van der Waals surface area contributed by atoms with Gasteiger partial charge in [-0.15, -0.1) is 0 Å². The smallest absolute Gasteiger partial charge is 0.119 e. The van der Waals surface area contributed by atoms with Crippen molar-refractivity contribution in [1.29, 1.82) is 0 Å². The molecule has 1 saturated heterocycles. The van der Waals surface area contributed by atoms with Crippen LogP contribution in [0.5, 0.6) is 5.75 Å². The average Bonchev–Trinajstić information content (AvgIpc) is 3.00. The van der Waals surface area contributed by atoms with Crippen LogP contribution in [0.3, 0.4) is 0 Å². The molecule has 0 amide bonds. The van der Waals surface area contributed by atoms with E-state index in [0.717, 1.165) is 16.9 Å². The van der Waals surface area contributed by atoms with E-state index in [1.807, 2.05) is 37.3 Å². The maximum absolute atomic E-state index is 10.3. The monoisotopic (exact) mass is 408 g/mol. The van der Waals surface area contributed by atoms with Gasteiger partial charge >= 0.3 is 0 Å². The van der Waals surface area contributed by atoms with Gasteiger partial charge in [-0.1, -0.05) is 35.9 Å². The molecule has 2 aromatic carbocycles. The number of hydrogen-bond acceptors (Lipinski definition) is 6. The number of hydrogen-bond donors (Lipinski definition) is 4. The average molecular weight is 409 g/mol. The Labute approximate surface area is 168 Å². The number of rotatable bonds is 7. The molecule has 1 fully saturated rings. The highest BCUT2D eigenvalue weighted by atomic mass is 35.5. The third-order valence-corrected chi connectivity index (χ3v) is 5.26. The van der Waals surface area contributed by atoms with E-state index in [0.29, 0.717) is 23.6 Å². The van der Waals surface area contributed by atoms with Crippen molar-refractivity contribution in [2.24, 2.45) is 0 Å². The Morgan fingerprint density at radius 2 is 1.82 bits per heavy atom. The van der Waals surface area contributed by atoms with Crippen molar-refractivity contribution in [2.45, 2.75) is 43.9 Å². The fourth-order valence-corrected chi connectivity index (χ4v) is 3.58. The summed E-state index contributed by atoms with van der Waals surface area (Å²) in [6, 6.07) is 13.0. The second kappa shape index (κ2) is 9.22. The summed E-state index contributed by atoms with van der Waals surface area (Å²) in [4.78, 5) is 0. The molecule has 28 heavy (non-hydrogen) atoms. The van der Waals surface area contributed by atoms with E-state index in [1.54, 1.807) is 12.1 Å². The first-order valence-electron chi connectivity index (χ1n) is 9.25. The van der Waals surface area contributed by atoms with Crippen LogP contribution >= 0.6 is 11.6 Å². The van der Waals surface area contributed by atoms with Crippen LogP contribution in [0.15, 0.2) is 42.5 Å². The number of ether oxygens (including phenoxy) is 2. The van der Waals surface area contributed by atoms with Crippen LogP contribution in [0.4, 0.5) is 0 Å². The van der Waals surface area contributed by atoms with Crippen molar-refractivity contribution >= 4 is 11.6 Å². The molecule has 1 heterocycles. The molecule has 1 aliphatic heterocycles. The van der Waals surface area contributed by atoms with Crippen molar-refractivity contribution in [3.63, 3.8) is 0 Å². The summed E-state index contributed by atoms with van der Waals surface area (Å²) >= 11 is 6.35. The molecular weight excluding hydrogens is 384 g/mol. The summed E-state index contributed by atoms with van der Waals surface area (Å²) in [6.07, 6.45) is -5.09. The van der Waals surface area contributed by atoms with Crippen LogP contribution in [0, 0.1) is 0 Å². The first-order valence-corrected chi connectivity index (χ1v) is 9.63. The van der Waals surface area contributed by atoms with Gasteiger partial charge in [-0.2, -0.15) is 0 Å². The molecule has 7 heteroatoms. The molecule has 5 atom stereocenters. The summed E-state index contributed by atoms with van der Waals surface area (Å²) in [7, 11) is 0. The quantitative estimate of drug-likeness (QED) is 0.558. The van der Waals surface area contributed by atoms with Crippen LogP contribution in [0.1, 0.15) is 29.7 Å². The molecule has 6 nitrogen and oxygen atoms in total. The van der Waals surface area contributed by atoms with E-state index in [-0.39, 0.29) is 0 Å². The van der Waals surface area contributed by atoms with E-state index in [1.165, 1.54) is 0 Å². The zero-order valence-corrected chi connectivity index (χ0v) is 16.3. The standard InChI is InChI=1S/C21H25ClO6/c1-2-27-15-6-3-12(4-7-15)9-14-10-13(5-8-16(14)22)20-18(25)19(26)21(28-20)17(24)11-23/h3-8,10,17-21,23-26H,2,9,11H2,1H3/t17-,18+,19+,20?,21+/m0/s1. The maximum Gasteiger partial charge on any atom is 0.119 e. The first-order chi connectivity index (χ1) is 13.4. The van der Waals surface area contributed by atoms with Crippen molar-refractivity contribution in [3.8, 4) is 5.75 Å². The van der Waals surface area contributed by atoms with Gasteiger partial charge in [-0.05, 0) is 48.2 Å². The predicted octanol–water partition coefficient (Wildman–Crippen LogP) is 1.84. The largest absolute Gasteiger partial charge is 0.494 e. The number of benzene rings is 2. The molecule has 3 rings (SSSR count). The second-order valence-electron chi connectivity index (χ2n) is 6.86. The lowest BCUT2D eigenvalue weighted by Gasteiger charge is -2.19. The number of halogens is 1. The normalized spacial score (nSPS) is 25.6. The minimum absolute atomic E-state index is 0.565. The van der Waals surface area contributed by atoms with Gasteiger partial charge in [0, 0.05) is 5.02 Å². The lowest BCUT2D eigenvalue weighted by atomic mass is 9.96. The molecule has 1 unspecified atom stereocenters. The molecule has 0 aliphatic carbocycles. The highest BCUT2D eigenvalue weighted by molar-refractivity contribution is 6.31. The summed E-state index contributed by atoms with van der Waals surface area (Å²) in [5.74, 6) is 0.802. The topological polar surface area (TPSA) is 99.4 Å². The van der Waals surface area contributed by atoms with Crippen molar-refractivity contribution in [1.82, 2.24) is 0 Å². The van der Waals surface area contributed by atoms with Gasteiger partial charge in [-0.25, -0.2) is 0 Å². The summed E-state index contributed by atoms with van der Waals surface area (Å²) in [6.45, 7) is 1.97. The Bertz CT molecular complexity index is 781. The van der Waals surface area contributed by atoms with Gasteiger partial charge in [0.25, 0.3) is 0 Å². The summed E-state index contributed by atoms with van der Waals surface area (Å²) in [5.41, 5.74) is 2.54. The van der Waals surface area contributed by atoms with E-state index in [2.05, 4.69) is 0 Å². The number of aliphatic hydroxyl groups is 4. The molecule has 0 saturated carbocycles. The van der Waals surface area contributed by atoms with Crippen LogP contribution in [0.2, 0.25) is 5.02 Å². The Hall–Kier alpha value is -1.67. The lowest BCUT2D eigenvalue weighted by molar-refractivity contribution is -0.0820. The Morgan fingerprint density at radius 1 is 1.11 bits per heavy atom. The zero-order chi connectivity index (χ0) is 20.3. The second-order valence-corrected chi connectivity index (χ2v) is 7.26. The van der Waals surface area contributed by atoms with Crippen LogP contribution in [-0.2, 0) is 11.2 Å². The van der Waals surface area contributed by atoms with E-state index in [4.69, 9.17) is 26.2 Å². The highest BCUT2D eigenvalue weighted by Crippen LogP contribution is 2.36. The van der Waals surface area contributed by atoms with Gasteiger partial charge in [0.2, 0.25) is 0 Å². The molecule has 4 N–H and O–H groups in total. The van der Waals surface area contributed by atoms with Crippen molar-refractivity contribution in [3.05, 3.63) is 64.2 Å². The van der Waals surface area contributed by atoms with Gasteiger partial charge in [0.1, 0.15) is 36.3 Å². The molecule has 0 radical (unpaired) electrons. The molecule has 1 aliphatic rings. The molecule has 0 spiro atoms. The molecule has 152 valence electrons. The van der Waals surface area contributed by atoms with Gasteiger partial charge in [0.15, 0.2) is 0 Å². The van der Waals surface area contributed by atoms with E-state index >= 15 is 0 Å². The summed E-state index contributed by atoms with van der Waals surface area (Å²) < 4.78 is 11.1. The molecular formula is C21H25ClO6. The molecule has 0 bridgehead atoms. The van der Waals surface area contributed by atoms with E-state index in [9.17, 15) is 15.3 Å². The Morgan fingerprint density at radius 3 is 2.46 bits per heavy atom. The Kier molecular flexibility index (Phi) is 6.93. The zero-order valence-electron chi connectivity index (χ0n) is 15.5. The Balaban J connectivity index is 1.79. The minimum atomic E-state index is -1.29. The van der Waals surface area contributed by atoms with Crippen molar-refractivity contribution in [2.75, 3.05) is 13.2 Å². The van der Waals surface area contributed by atoms with Crippen molar-refractivity contribution < 1.29 is 29.9 Å². The van der Waals surface area contributed by atoms with Crippen LogP contribution in [0.25, 0.3) is 0 Å². The third kappa shape index (κ3) is 4.49. The number of aliphatic hydroxyl groups excluding tert-OH is 4. The lowest BCUT2D eigenvalue weighted by Crippen LogP contribution is -2.40. The first kappa shape index (κ1) is 21.0. The predicted molar refractivity (Wildman–Crippen MR) is 105 cm³/mol. The maximum atomic E-state index is 10.3. The van der Waals surface area contributed by atoms with Gasteiger partial charge < -0.3 is 29.9 Å². The summed E-state index contributed by atoms with van der Waals surface area (Å²) in [5, 5.41) is 40.0.